The van der Waals surface area contributed by atoms with Gasteiger partial charge in [-0.05, 0) is 29.8 Å². The predicted molar refractivity (Wildman–Crippen MR) is 99.5 cm³/mol. The molecule has 1 aliphatic heterocycles. The van der Waals surface area contributed by atoms with Gasteiger partial charge in [0.1, 0.15) is 17.5 Å². The predicted octanol–water partition coefficient (Wildman–Crippen LogP) is 4.29. The monoisotopic (exact) mass is 421 g/mol. The molecular weight excluding hydrogens is 405 g/mol. The van der Waals surface area contributed by atoms with Crippen LogP contribution in [0.2, 0.25) is 0 Å². The van der Waals surface area contributed by atoms with E-state index in [0.717, 1.165) is 18.2 Å². The van der Waals surface area contributed by atoms with Crippen LogP contribution in [0.1, 0.15) is 22.4 Å². The van der Waals surface area contributed by atoms with Crippen molar-refractivity contribution in [2.75, 3.05) is 6.54 Å². The molecule has 156 valence electrons. The first-order chi connectivity index (χ1) is 14.2. The third-order valence-electron chi connectivity index (χ3n) is 4.96. The van der Waals surface area contributed by atoms with Crippen LogP contribution >= 0.6 is 0 Å². The first kappa shape index (κ1) is 20.2. The van der Waals surface area contributed by atoms with Gasteiger partial charge in [0.15, 0.2) is 0 Å². The fourth-order valence-electron chi connectivity index (χ4n) is 3.53. The van der Waals surface area contributed by atoms with E-state index in [0.29, 0.717) is 35.3 Å². The number of hydrogen-bond acceptors (Lipinski definition) is 3. The number of alkyl halides is 3. The van der Waals surface area contributed by atoms with Gasteiger partial charge in [-0.1, -0.05) is 12.1 Å². The molecule has 1 N–H and O–H groups in total. The van der Waals surface area contributed by atoms with Crippen LogP contribution in [0.3, 0.4) is 0 Å². The van der Waals surface area contributed by atoms with Crippen molar-refractivity contribution in [1.29, 1.82) is 0 Å². The Hall–Kier alpha value is -3.07. The summed E-state index contributed by atoms with van der Waals surface area (Å²) in [7, 11) is 0. The van der Waals surface area contributed by atoms with Gasteiger partial charge in [-0.15, -0.1) is 0 Å². The number of nitrogens with one attached hydrogen (secondary N) is 1. The van der Waals surface area contributed by atoms with Crippen LogP contribution in [0.15, 0.2) is 47.3 Å². The molecule has 0 amide bonds. The lowest BCUT2D eigenvalue weighted by Crippen LogP contribution is -2.35. The van der Waals surface area contributed by atoms with Crippen LogP contribution in [0.4, 0.5) is 22.0 Å². The molecule has 0 saturated heterocycles. The maximum atomic E-state index is 13.4. The Morgan fingerprint density at radius 3 is 2.33 bits per heavy atom. The molecule has 2 heterocycles. The fourth-order valence-corrected chi connectivity index (χ4v) is 3.53. The molecule has 0 unspecified atom stereocenters. The summed E-state index contributed by atoms with van der Waals surface area (Å²) in [5.41, 5.74) is 0.674. The molecular formula is C21H16F5N3O. The number of aromatic amines is 1. The van der Waals surface area contributed by atoms with Crippen molar-refractivity contribution >= 4 is 0 Å². The summed E-state index contributed by atoms with van der Waals surface area (Å²) in [6, 6.07) is 7.70. The average Bonchev–Trinajstić information content (AvgIpc) is 2.67. The molecule has 0 bridgehead atoms. The highest BCUT2D eigenvalue weighted by atomic mass is 19.4. The standard InChI is InChI=1S/C21H16F5N3O/c22-15-7-12(8-16(23)9-15)10-29-6-5-18-17(11-29)20(30)28-19(27-18)13-1-3-14(4-2-13)21(24,25)26/h1-4,7-9H,5-6,10-11H2,(H,27,28,30). The van der Waals surface area contributed by atoms with Crippen LogP contribution in [0.5, 0.6) is 0 Å². The summed E-state index contributed by atoms with van der Waals surface area (Å²) in [5, 5.41) is 0. The number of halogens is 5. The maximum Gasteiger partial charge on any atom is 0.416 e. The van der Waals surface area contributed by atoms with E-state index in [2.05, 4.69) is 9.97 Å². The molecule has 30 heavy (non-hydrogen) atoms. The number of H-pyrrole nitrogens is 1. The molecule has 0 atom stereocenters. The smallest absolute Gasteiger partial charge is 0.306 e. The largest absolute Gasteiger partial charge is 0.416 e. The van der Waals surface area contributed by atoms with E-state index in [1.807, 2.05) is 4.90 Å². The molecule has 0 aliphatic carbocycles. The lowest BCUT2D eigenvalue weighted by Gasteiger charge is -2.27. The second kappa shape index (κ2) is 7.64. The zero-order valence-corrected chi connectivity index (χ0v) is 15.6. The molecule has 4 nitrogen and oxygen atoms in total. The molecule has 9 heteroatoms. The van der Waals surface area contributed by atoms with Gasteiger partial charge in [0.05, 0.1) is 16.8 Å². The minimum absolute atomic E-state index is 0.202. The van der Waals surface area contributed by atoms with Crippen molar-refractivity contribution in [2.24, 2.45) is 0 Å². The average molecular weight is 421 g/mol. The van der Waals surface area contributed by atoms with Gasteiger partial charge in [0.2, 0.25) is 0 Å². The highest BCUT2D eigenvalue weighted by molar-refractivity contribution is 5.56. The Balaban J connectivity index is 1.56. The van der Waals surface area contributed by atoms with Crippen molar-refractivity contribution in [3.8, 4) is 11.4 Å². The first-order valence-corrected chi connectivity index (χ1v) is 9.16. The van der Waals surface area contributed by atoms with Gasteiger partial charge in [-0.2, -0.15) is 13.2 Å². The second-order valence-corrected chi connectivity index (χ2v) is 7.15. The van der Waals surface area contributed by atoms with Gasteiger partial charge in [-0.25, -0.2) is 13.8 Å². The van der Waals surface area contributed by atoms with Gasteiger partial charge >= 0.3 is 6.18 Å². The third-order valence-corrected chi connectivity index (χ3v) is 4.96. The van der Waals surface area contributed by atoms with Crippen molar-refractivity contribution < 1.29 is 22.0 Å². The molecule has 1 aromatic heterocycles. The summed E-state index contributed by atoms with van der Waals surface area (Å²) in [4.78, 5) is 21.5. The van der Waals surface area contributed by atoms with E-state index >= 15 is 0 Å². The van der Waals surface area contributed by atoms with E-state index in [1.54, 1.807) is 0 Å². The molecule has 0 radical (unpaired) electrons. The topological polar surface area (TPSA) is 49.0 Å². The summed E-state index contributed by atoms with van der Waals surface area (Å²) >= 11 is 0. The van der Waals surface area contributed by atoms with E-state index < -0.39 is 23.4 Å². The Bertz CT molecular complexity index is 1120. The van der Waals surface area contributed by atoms with Crippen LogP contribution in [-0.2, 0) is 25.7 Å². The fraction of sp³-hybridized carbons (Fsp3) is 0.238. The van der Waals surface area contributed by atoms with E-state index in [4.69, 9.17) is 0 Å². The number of benzene rings is 2. The number of fused-ring (bicyclic) bond motifs is 1. The number of aromatic nitrogens is 2. The Morgan fingerprint density at radius 1 is 1.03 bits per heavy atom. The molecule has 0 fully saturated rings. The van der Waals surface area contributed by atoms with Crippen LogP contribution in [0, 0.1) is 11.6 Å². The van der Waals surface area contributed by atoms with Crippen LogP contribution in [-0.4, -0.2) is 21.4 Å². The molecule has 3 aromatic rings. The van der Waals surface area contributed by atoms with E-state index in [9.17, 15) is 26.7 Å². The molecule has 4 rings (SSSR count). The van der Waals surface area contributed by atoms with Crippen LogP contribution < -0.4 is 5.56 Å². The number of rotatable bonds is 3. The van der Waals surface area contributed by atoms with Crippen LogP contribution in [0.25, 0.3) is 11.4 Å². The zero-order chi connectivity index (χ0) is 21.5. The van der Waals surface area contributed by atoms with Gasteiger partial charge < -0.3 is 4.98 Å². The lowest BCUT2D eigenvalue weighted by atomic mass is 10.0. The third kappa shape index (κ3) is 4.25. The van der Waals surface area contributed by atoms with Gasteiger partial charge in [0, 0.05) is 37.7 Å². The summed E-state index contributed by atoms with van der Waals surface area (Å²) in [5.74, 6) is -1.13. The first-order valence-electron chi connectivity index (χ1n) is 9.16. The highest BCUT2D eigenvalue weighted by Gasteiger charge is 2.30. The summed E-state index contributed by atoms with van der Waals surface area (Å²) in [6.45, 7) is 1.05. The minimum atomic E-state index is -4.44. The van der Waals surface area contributed by atoms with Gasteiger partial charge in [-0.3, -0.25) is 9.69 Å². The maximum absolute atomic E-state index is 13.4. The molecule has 0 spiro atoms. The van der Waals surface area contributed by atoms with Crippen molar-refractivity contribution in [2.45, 2.75) is 25.7 Å². The van der Waals surface area contributed by atoms with Gasteiger partial charge in [0.25, 0.3) is 5.56 Å². The van der Waals surface area contributed by atoms with Crippen molar-refractivity contribution in [1.82, 2.24) is 14.9 Å². The Labute approximate surface area is 168 Å². The quantitative estimate of drug-likeness (QED) is 0.642. The van der Waals surface area contributed by atoms with Crippen molar-refractivity contribution in [3.05, 3.63) is 86.8 Å². The zero-order valence-electron chi connectivity index (χ0n) is 15.6. The Kier molecular flexibility index (Phi) is 5.15. The number of hydrogen-bond donors (Lipinski definition) is 1. The van der Waals surface area contributed by atoms with E-state index in [1.165, 1.54) is 24.3 Å². The second-order valence-electron chi connectivity index (χ2n) is 7.15. The lowest BCUT2D eigenvalue weighted by molar-refractivity contribution is -0.137. The summed E-state index contributed by atoms with van der Waals surface area (Å²) < 4.78 is 65.0. The molecule has 0 saturated carbocycles. The molecule has 2 aromatic carbocycles. The normalized spacial score (nSPS) is 14.6. The highest BCUT2D eigenvalue weighted by Crippen LogP contribution is 2.30. The van der Waals surface area contributed by atoms with E-state index in [-0.39, 0.29) is 24.5 Å². The van der Waals surface area contributed by atoms with Crippen molar-refractivity contribution in [3.63, 3.8) is 0 Å². The number of nitrogens with zero attached hydrogens (tertiary/aromatic N) is 2. The minimum Gasteiger partial charge on any atom is -0.306 e. The molecule has 1 aliphatic rings. The Morgan fingerprint density at radius 2 is 1.70 bits per heavy atom. The summed E-state index contributed by atoms with van der Waals surface area (Å²) in [6.07, 6.45) is -4.01. The SMILES string of the molecule is O=c1[nH]c(-c2ccc(C(F)(F)F)cc2)nc2c1CN(Cc1cc(F)cc(F)c1)CC2.